The van der Waals surface area contributed by atoms with Gasteiger partial charge in [0.15, 0.2) is 18.1 Å². The van der Waals surface area contributed by atoms with Crippen molar-refractivity contribution in [3.63, 3.8) is 0 Å². The minimum atomic E-state index is -0.776. The van der Waals surface area contributed by atoms with Crippen LogP contribution in [0.2, 0.25) is 0 Å². The Morgan fingerprint density at radius 3 is 2.55 bits per heavy atom. The van der Waals surface area contributed by atoms with Gasteiger partial charge in [-0.05, 0) is 37.3 Å². The topological polar surface area (TPSA) is 123 Å². The Morgan fingerprint density at radius 2 is 1.82 bits per heavy atom. The Bertz CT molecular complexity index is 1070. The van der Waals surface area contributed by atoms with E-state index < -0.39 is 37.0 Å². The van der Waals surface area contributed by atoms with Crippen LogP contribution in [-0.2, 0) is 19.1 Å². The minimum absolute atomic E-state index is 0.107. The molecule has 2 N–H and O–H groups in total. The van der Waals surface area contributed by atoms with Crippen LogP contribution >= 0.6 is 0 Å². The van der Waals surface area contributed by atoms with Gasteiger partial charge in [-0.15, -0.1) is 0 Å². The van der Waals surface area contributed by atoms with Crippen LogP contribution in [-0.4, -0.2) is 57.1 Å². The maximum atomic E-state index is 12.8. The zero-order chi connectivity index (χ0) is 24.0. The Kier molecular flexibility index (Phi) is 7.50. The fourth-order valence-corrected chi connectivity index (χ4v) is 3.46. The summed E-state index contributed by atoms with van der Waals surface area (Å²) in [6.07, 6.45) is 0.107. The van der Waals surface area contributed by atoms with Gasteiger partial charge in [-0.1, -0.05) is 12.1 Å². The summed E-state index contributed by atoms with van der Waals surface area (Å²) in [5, 5.41) is 5.20. The Hall–Kier alpha value is -4.08. The van der Waals surface area contributed by atoms with Crippen molar-refractivity contribution in [2.45, 2.75) is 19.4 Å². The second-order valence-electron chi connectivity index (χ2n) is 7.30. The van der Waals surface area contributed by atoms with Crippen LogP contribution in [0.5, 0.6) is 11.5 Å². The van der Waals surface area contributed by atoms with Gasteiger partial charge in [0.1, 0.15) is 6.54 Å². The predicted octanol–water partition coefficient (Wildman–Crippen LogP) is 1.74. The lowest BCUT2D eigenvalue weighted by atomic mass is 10.1. The van der Waals surface area contributed by atoms with Gasteiger partial charge in [-0.25, -0.2) is 0 Å². The van der Waals surface area contributed by atoms with E-state index in [0.717, 1.165) is 0 Å². The van der Waals surface area contributed by atoms with Crippen LogP contribution in [0.3, 0.4) is 0 Å². The van der Waals surface area contributed by atoms with Gasteiger partial charge >= 0.3 is 5.97 Å². The highest BCUT2D eigenvalue weighted by molar-refractivity contribution is 6.05. The number of methoxy groups -OCH3 is 2. The van der Waals surface area contributed by atoms with Crippen molar-refractivity contribution in [3.05, 3.63) is 48.0 Å². The van der Waals surface area contributed by atoms with E-state index in [-0.39, 0.29) is 17.9 Å². The van der Waals surface area contributed by atoms with Crippen molar-refractivity contribution in [3.8, 4) is 11.5 Å². The fraction of sp³-hybridized carbons (Fsp3) is 0.304. The van der Waals surface area contributed by atoms with Crippen LogP contribution in [0.4, 0.5) is 11.4 Å². The number of para-hydroxylation sites is 2. The normalized spacial score (nSPS) is 14.9. The number of rotatable bonds is 7. The number of hydrogen-bond donors (Lipinski definition) is 2. The van der Waals surface area contributed by atoms with Crippen LogP contribution < -0.4 is 25.0 Å². The maximum absolute atomic E-state index is 12.8. The highest BCUT2D eigenvalue weighted by atomic mass is 16.5. The van der Waals surface area contributed by atoms with Crippen molar-refractivity contribution < 1.29 is 33.4 Å². The fourth-order valence-electron chi connectivity index (χ4n) is 3.46. The van der Waals surface area contributed by atoms with E-state index in [1.807, 2.05) is 0 Å². The summed E-state index contributed by atoms with van der Waals surface area (Å²) in [6.45, 7) is 0.787. The molecule has 1 aliphatic heterocycles. The number of hydrogen-bond acceptors (Lipinski definition) is 7. The second-order valence-corrected chi connectivity index (χ2v) is 7.30. The standard InChI is InChI=1S/C23H25N3O7/c1-14-10-20(27)25-16-6-4-5-7-17(16)26(14)21(28)13-33-22(29)12-24-23(30)15-8-9-18(31-2)19(11-15)32-3/h4-9,11,14H,10,12-13H2,1-3H3,(H,24,30)(H,25,27)/t14-/m0/s1. The summed E-state index contributed by atoms with van der Waals surface area (Å²) in [6, 6.07) is 11.1. The molecule has 0 unspecified atom stereocenters. The van der Waals surface area contributed by atoms with Crippen molar-refractivity contribution in [2.75, 3.05) is 37.6 Å². The van der Waals surface area contributed by atoms with Gasteiger partial charge in [-0.2, -0.15) is 0 Å². The highest BCUT2D eigenvalue weighted by Gasteiger charge is 2.30. The van der Waals surface area contributed by atoms with Gasteiger partial charge < -0.3 is 29.7 Å². The predicted molar refractivity (Wildman–Crippen MR) is 119 cm³/mol. The number of carbonyl (C=O) groups excluding carboxylic acids is 4. The molecule has 10 heteroatoms. The molecule has 1 heterocycles. The maximum Gasteiger partial charge on any atom is 0.325 e. The first-order valence-electron chi connectivity index (χ1n) is 10.2. The van der Waals surface area contributed by atoms with Gasteiger partial charge in [0.25, 0.3) is 11.8 Å². The Morgan fingerprint density at radius 1 is 1.09 bits per heavy atom. The molecule has 3 amide bonds. The molecule has 174 valence electrons. The smallest absolute Gasteiger partial charge is 0.325 e. The third kappa shape index (κ3) is 5.59. The highest BCUT2D eigenvalue weighted by Crippen LogP contribution is 2.31. The molecule has 1 atom stereocenters. The molecular formula is C23H25N3O7. The molecule has 0 saturated heterocycles. The number of nitrogens with one attached hydrogen (secondary N) is 2. The quantitative estimate of drug-likeness (QED) is 0.610. The number of esters is 1. The van der Waals surface area contributed by atoms with E-state index in [2.05, 4.69) is 10.6 Å². The average molecular weight is 455 g/mol. The zero-order valence-corrected chi connectivity index (χ0v) is 18.5. The van der Waals surface area contributed by atoms with E-state index in [9.17, 15) is 19.2 Å². The molecule has 0 fully saturated rings. The molecule has 0 aliphatic carbocycles. The second kappa shape index (κ2) is 10.5. The van der Waals surface area contributed by atoms with Crippen LogP contribution in [0.1, 0.15) is 23.7 Å². The summed E-state index contributed by atoms with van der Waals surface area (Å²) >= 11 is 0. The van der Waals surface area contributed by atoms with E-state index in [4.69, 9.17) is 14.2 Å². The third-order valence-corrected chi connectivity index (χ3v) is 5.02. The molecule has 33 heavy (non-hydrogen) atoms. The summed E-state index contributed by atoms with van der Waals surface area (Å²) in [4.78, 5) is 50.7. The molecule has 0 radical (unpaired) electrons. The molecule has 0 spiro atoms. The first-order chi connectivity index (χ1) is 15.8. The summed E-state index contributed by atoms with van der Waals surface area (Å²) in [5.74, 6) is -1.14. The van der Waals surface area contributed by atoms with Crippen LogP contribution in [0, 0.1) is 0 Å². The molecule has 0 bridgehead atoms. The Labute approximate surface area is 190 Å². The lowest BCUT2D eigenvalue weighted by Gasteiger charge is -2.27. The van der Waals surface area contributed by atoms with Crippen molar-refractivity contribution in [1.82, 2.24) is 5.32 Å². The van der Waals surface area contributed by atoms with E-state index in [1.54, 1.807) is 37.3 Å². The van der Waals surface area contributed by atoms with Crippen molar-refractivity contribution in [2.24, 2.45) is 0 Å². The van der Waals surface area contributed by atoms with E-state index in [0.29, 0.717) is 22.9 Å². The van der Waals surface area contributed by atoms with E-state index in [1.165, 1.54) is 31.3 Å². The number of benzene rings is 2. The number of nitrogens with zero attached hydrogens (tertiary/aromatic N) is 1. The zero-order valence-electron chi connectivity index (χ0n) is 18.5. The molecular weight excluding hydrogens is 430 g/mol. The van der Waals surface area contributed by atoms with Gasteiger partial charge in [0.2, 0.25) is 5.91 Å². The summed E-state index contributed by atoms with van der Waals surface area (Å²) in [5.41, 5.74) is 1.30. The van der Waals surface area contributed by atoms with E-state index >= 15 is 0 Å². The third-order valence-electron chi connectivity index (χ3n) is 5.02. The molecule has 1 aliphatic rings. The number of carbonyl (C=O) groups is 4. The summed E-state index contributed by atoms with van der Waals surface area (Å²) < 4.78 is 15.3. The minimum Gasteiger partial charge on any atom is -0.493 e. The van der Waals surface area contributed by atoms with Crippen molar-refractivity contribution in [1.29, 1.82) is 0 Å². The summed E-state index contributed by atoms with van der Waals surface area (Å²) in [7, 11) is 2.93. The lowest BCUT2D eigenvalue weighted by Crippen LogP contribution is -2.42. The number of amides is 3. The molecule has 0 aromatic heterocycles. The largest absolute Gasteiger partial charge is 0.493 e. The number of ether oxygens (including phenoxy) is 3. The first-order valence-corrected chi connectivity index (χ1v) is 10.2. The van der Waals surface area contributed by atoms with Gasteiger partial charge in [0, 0.05) is 18.0 Å². The monoisotopic (exact) mass is 455 g/mol. The molecule has 0 saturated carbocycles. The number of fused-ring (bicyclic) bond motifs is 1. The molecule has 10 nitrogen and oxygen atoms in total. The SMILES string of the molecule is COc1ccc(C(=O)NCC(=O)OCC(=O)N2c3ccccc3NC(=O)C[C@@H]2C)cc1OC. The van der Waals surface area contributed by atoms with Gasteiger partial charge in [-0.3, -0.25) is 19.2 Å². The molecule has 2 aromatic rings. The van der Waals surface area contributed by atoms with Gasteiger partial charge in [0.05, 0.1) is 25.6 Å². The number of anilines is 2. The first kappa shape index (κ1) is 23.6. The van der Waals surface area contributed by atoms with Crippen molar-refractivity contribution >= 4 is 35.1 Å². The molecule has 2 aromatic carbocycles. The average Bonchev–Trinajstić information content (AvgIpc) is 2.94. The van der Waals surface area contributed by atoms with Crippen LogP contribution in [0.25, 0.3) is 0 Å². The van der Waals surface area contributed by atoms with Crippen LogP contribution in [0.15, 0.2) is 42.5 Å². The Balaban J connectivity index is 1.57. The lowest BCUT2D eigenvalue weighted by molar-refractivity contribution is -0.146. The molecule has 3 rings (SSSR count).